The zero-order chi connectivity index (χ0) is 35.0. The van der Waals surface area contributed by atoms with Crippen LogP contribution in [0, 0.1) is 5.92 Å². The van der Waals surface area contributed by atoms with Gasteiger partial charge >= 0.3 is 0 Å². The lowest BCUT2D eigenvalue weighted by Gasteiger charge is -2.26. The van der Waals surface area contributed by atoms with Gasteiger partial charge in [-0.3, -0.25) is 4.57 Å². The first-order chi connectivity index (χ1) is 26.2. The van der Waals surface area contributed by atoms with Gasteiger partial charge in [-0.05, 0) is 128 Å². The Morgan fingerprint density at radius 2 is 1.15 bits per heavy atom. The maximum absolute atomic E-state index is 5.03. The SMILES string of the molecule is C=C1C=CC=C1c1c2ccccc2c(C2=Cc3c(n(-c4ccc(N(c5ccccc5)c5ccccc5)cc4)c4ncccc34)C3CC23)c2ccccc12. The molecule has 11 rings (SSSR count). The molecule has 3 heteroatoms. The number of rotatable bonds is 6. The van der Waals surface area contributed by atoms with Gasteiger partial charge in [-0.2, -0.15) is 0 Å². The molecule has 2 atom stereocenters. The van der Waals surface area contributed by atoms with Crippen molar-refractivity contribution in [2.45, 2.75) is 12.3 Å². The average Bonchev–Trinajstić information content (AvgIpc) is 3.81. The van der Waals surface area contributed by atoms with E-state index in [2.05, 4.69) is 186 Å². The summed E-state index contributed by atoms with van der Waals surface area (Å²) >= 11 is 0. The summed E-state index contributed by atoms with van der Waals surface area (Å²) in [7, 11) is 0. The molecule has 1 saturated carbocycles. The Hall–Kier alpha value is -6.71. The van der Waals surface area contributed by atoms with Crippen LogP contribution in [0.3, 0.4) is 0 Å². The van der Waals surface area contributed by atoms with Gasteiger partial charge in [0.2, 0.25) is 0 Å². The first-order valence-electron chi connectivity index (χ1n) is 18.5. The standard InChI is InChI=1S/C50H35N3/c1-32-14-12-23-37(32)47-38-19-8-10-21-40(38)48(41-22-11-9-20-39(41)47)44-31-45-42-24-13-29-51-50(42)53(49(45)46-30-43(44)46)36-27-25-35(26-28-36)52(33-15-4-2-5-16-33)34-17-6-3-7-18-34/h2-29,31,43,46H,1,30H2. The third kappa shape index (κ3) is 4.57. The van der Waals surface area contributed by atoms with Crippen molar-refractivity contribution in [2.24, 2.45) is 5.92 Å². The number of allylic oxidation sites excluding steroid dienone is 6. The van der Waals surface area contributed by atoms with Gasteiger partial charge in [-0.25, -0.2) is 4.98 Å². The van der Waals surface area contributed by atoms with E-state index in [0.29, 0.717) is 11.8 Å². The van der Waals surface area contributed by atoms with Gasteiger partial charge in [0.05, 0.1) is 0 Å². The van der Waals surface area contributed by atoms with Gasteiger partial charge in [0.15, 0.2) is 0 Å². The summed E-state index contributed by atoms with van der Waals surface area (Å²) in [6.07, 6.45) is 12.0. The van der Waals surface area contributed by atoms with Gasteiger partial charge < -0.3 is 4.90 Å². The topological polar surface area (TPSA) is 21.1 Å². The highest BCUT2D eigenvalue weighted by atomic mass is 15.1. The average molecular weight is 678 g/mol. The van der Waals surface area contributed by atoms with Crippen LogP contribution in [0.15, 0.2) is 182 Å². The summed E-state index contributed by atoms with van der Waals surface area (Å²) in [6.45, 7) is 4.40. The van der Waals surface area contributed by atoms with Crippen LogP contribution >= 0.6 is 0 Å². The molecule has 250 valence electrons. The van der Waals surface area contributed by atoms with Crippen molar-refractivity contribution in [3.63, 3.8) is 0 Å². The second kappa shape index (κ2) is 11.7. The van der Waals surface area contributed by atoms with Gasteiger partial charge in [0.25, 0.3) is 0 Å². The molecule has 0 bridgehead atoms. The van der Waals surface area contributed by atoms with E-state index < -0.39 is 0 Å². The van der Waals surface area contributed by atoms with Crippen molar-refractivity contribution >= 4 is 66.9 Å². The molecule has 8 aromatic rings. The molecular weight excluding hydrogens is 643 g/mol. The number of benzene rings is 6. The zero-order valence-corrected chi connectivity index (χ0v) is 29.2. The van der Waals surface area contributed by atoms with E-state index in [-0.39, 0.29) is 0 Å². The Bertz CT molecular complexity index is 2780. The molecule has 6 aromatic carbocycles. The molecular formula is C50H35N3. The van der Waals surface area contributed by atoms with E-state index in [0.717, 1.165) is 40.4 Å². The summed E-state index contributed by atoms with van der Waals surface area (Å²) in [5.74, 6) is 0.860. The Balaban J connectivity index is 1.09. The van der Waals surface area contributed by atoms with E-state index in [1.165, 1.54) is 60.5 Å². The molecule has 3 aliphatic carbocycles. The van der Waals surface area contributed by atoms with Crippen LogP contribution in [0.4, 0.5) is 17.1 Å². The molecule has 0 aliphatic heterocycles. The summed E-state index contributed by atoms with van der Waals surface area (Å²) in [4.78, 5) is 7.34. The summed E-state index contributed by atoms with van der Waals surface area (Å²) < 4.78 is 2.44. The van der Waals surface area contributed by atoms with Crippen LogP contribution in [0.25, 0.3) is 55.5 Å². The summed E-state index contributed by atoms with van der Waals surface area (Å²) in [6, 6.07) is 52.5. The van der Waals surface area contributed by atoms with Crippen molar-refractivity contribution in [3.05, 3.63) is 205 Å². The van der Waals surface area contributed by atoms with E-state index in [1.54, 1.807) is 0 Å². The fourth-order valence-corrected chi connectivity index (χ4v) is 9.08. The molecule has 0 spiro atoms. The van der Waals surface area contributed by atoms with E-state index >= 15 is 0 Å². The first kappa shape index (κ1) is 30.0. The van der Waals surface area contributed by atoms with Gasteiger partial charge in [-0.15, -0.1) is 0 Å². The lowest BCUT2D eigenvalue weighted by atomic mass is 9.81. The third-order valence-electron chi connectivity index (χ3n) is 11.4. The Morgan fingerprint density at radius 3 is 1.75 bits per heavy atom. The molecule has 2 unspecified atom stereocenters. The van der Waals surface area contributed by atoms with E-state index in [9.17, 15) is 0 Å². The second-order valence-electron chi connectivity index (χ2n) is 14.4. The molecule has 3 aliphatic rings. The van der Waals surface area contributed by atoms with Crippen molar-refractivity contribution < 1.29 is 0 Å². The normalized spacial score (nSPS) is 17.2. The minimum Gasteiger partial charge on any atom is -0.311 e. The number of hydrogen-bond acceptors (Lipinski definition) is 2. The predicted octanol–water partition coefficient (Wildman–Crippen LogP) is 13.0. The number of hydrogen-bond donors (Lipinski definition) is 0. The molecule has 2 heterocycles. The number of anilines is 3. The lowest BCUT2D eigenvalue weighted by Crippen LogP contribution is -2.10. The van der Waals surface area contributed by atoms with Gasteiger partial charge in [0, 0.05) is 51.5 Å². The largest absolute Gasteiger partial charge is 0.311 e. The fourth-order valence-electron chi connectivity index (χ4n) is 9.08. The number of para-hydroxylation sites is 2. The molecule has 0 saturated heterocycles. The molecule has 0 N–H and O–H groups in total. The van der Waals surface area contributed by atoms with Gasteiger partial charge in [-0.1, -0.05) is 110 Å². The van der Waals surface area contributed by atoms with Crippen molar-refractivity contribution in [1.29, 1.82) is 0 Å². The van der Waals surface area contributed by atoms with Crippen LogP contribution in [-0.4, -0.2) is 9.55 Å². The minimum absolute atomic E-state index is 0.419. The molecule has 3 nitrogen and oxygen atoms in total. The zero-order valence-electron chi connectivity index (χ0n) is 29.2. The van der Waals surface area contributed by atoms with Gasteiger partial charge in [0.1, 0.15) is 5.65 Å². The van der Waals surface area contributed by atoms with Crippen LogP contribution in [0.5, 0.6) is 0 Å². The van der Waals surface area contributed by atoms with Crippen molar-refractivity contribution in [2.75, 3.05) is 4.90 Å². The second-order valence-corrected chi connectivity index (χ2v) is 14.4. The van der Waals surface area contributed by atoms with Crippen LogP contribution < -0.4 is 4.90 Å². The lowest BCUT2D eigenvalue weighted by molar-refractivity contribution is 0.898. The highest BCUT2D eigenvalue weighted by Crippen LogP contribution is 2.62. The Morgan fingerprint density at radius 1 is 0.585 bits per heavy atom. The smallest absolute Gasteiger partial charge is 0.145 e. The summed E-state index contributed by atoms with van der Waals surface area (Å²) in [5, 5.41) is 6.38. The molecule has 1 fully saturated rings. The number of pyridine rings is 1. The molecule has 0 amide bonds. The molecule has 53 heavy (non-hydrogen) atoms. The minimum atomic E-state index is 0.419. The fraction of sp³-hybridized carbons (Fsp3) is 0.0600. The highest BCUT2D eigenvalue weighted by Gasteiger charge is 2.48. The summed E-state index contributed by atoms with van der Waals surface area (Å²) in [5.41, 5.74) is 14.6. The monoisotopic (exact) mass is 677 g/mol. The quantitative estimate of drug-likeness (QED) is 0.163. The highest BCUT2D eigenvalue weighted by molar-refractivity contribution is 6.20. The first-order valence-corrected chi connectivity index (χ1v) is 18.5. The number of fused-ring (bicyclic) bond motifs is 7. The Kier molecular flexibility index (Phi) is 6.59. The number of aromatic nitrogens is 2. The van der Waals surface area contributed by atoms with Crippen molar-refractivity contribution in [1.82, 2.24) is 9.55 Å². The third-order valence-corrected chi connectivity index (χ3v) is 11.4. The van der Waals surface area contributed by atoms with Crippen molar-refractivity contribution in [3.8, 4) is 5.69 Å². The van der Waals surface area contributed by atoms with Crippen LogP contribution in [-0.2, 0) is 0 Å². The molecule has 0 radical (unpaired) electrons. The maximum Gasteiger partial charge on any atom is 0.145 e. The van der Waals surface area contributed by atoms with E-state index in [4.69, 9.17) is 4.98 Å². The Labute approximate surface area is 308 Å². The van der Waals surface area contributed by atoms with Crippen LogP contribution in [0.1, 0.15) is 34.7 Å². The predicted molar refractivity (Wildman–Crippen MR) is 222 cm³/mol. The molecule has 2 aromatic heterocycles. The van der Waals surface area contributed by atoms with Crippen LogP contribution in [0.2, 0.25) is 0 Å². The maximum atomic E-state index is 5.03. The number of nitrogens with zero attached hydrogens (tertiary/aromatic N) is 3. The van der Waals surface area contributed by atoms with E-state index in [1.807, 2.05) is 6.20 Å².